The zero-order valence-electron chi connectivity index (χ0n) is 17.0. The van der Waals surface area contributed by atoms with E-state index in [1.54, 1.807) is 13.3 Å². The Kier molecular flexibility index (Phi) is 5.58. The molecule has 2 aliphatic heterocycles. The highest BCUT2D eigenvalue weighted by Gasteiger charge is 2.34. The number of hydrogen-bond donors (Lipinski definition) is 3. The molecular formula is C21H23N5O3S2. The maximum atomic E-state index is 13.1. The molecule has 2 aliphatic rings. The number of anilines is 1. The maximum absolute atomic E-state index is 13.1. The normalized spacial score (nSPS) is 19.5. The van der Waals surface area contributed by atoms with Gasteiger partial charge in [0, 0.05) is 11.1 Å². The second-order valence-corrected chi connectivity index (χ2v) is 9.90. The van der Waals surface area contributed by atoms with Gasteiger partial charge in [-0.05, 0) is 48.6 Å². The smallest absolute Gasteiger partial charge is 0.270 e. The van der Waals surface area contributed by atoms with Gasteiger partial charge < -0.3 is 10.1 Å². The summed E-state index contributed by atoms with van der Waals surface area (Å²) in [4.78, 5) is 25.7. The van der Waals surface area contributed by atoms with Crippen LogP contribution in [0.1, 0.15) is 35.3 Å². The van der Waals surface area contributed by atoms with Crippen molar-refractivity contribution >= 4 is 35.2 Å². The molecule has 2 aromatic heterocycles. The maximum Gasteiger partial charge on any atom is 0.270 e. The van der Waals surface area contributed by atoms with Crippen LogP contribution >= 0.6 is 23.5 Å². The Labute approximate surface area is 187 Å². The largest absolute Gasteiger partial charge is 0.497 e. The van der Waals surface area contributed by atoms with Crippen molar-refractivity contribution < 1.29 is 9.53 Å². The molecule has 8 nitrogen and oxygen atoms in total. The third kappa shape index (κ3) is 3.78. The van der Waals surface area contributed by atoms with Crippen LogP contribution < -0.4 is 15.6 Å². The summed E-state index contributed by atoms with van der Waals surface area (Å²) in [5.74, 6) is 3.64. The molecule has 31 heavy (non-hydrogen) atoms. The minimum absolute atomic E-state index is 0.0961. The molecular weight excluding hydrogens is 434 g/mol. The van der Waals surface area contributed by atoms with Crippen LogP contribution in [0.4, 0.5) is 5.82 Å². The first kappa shape index (κ1) is 20.3. The van der Waals surface area contributed by atoms with E-state index < -0.39 is 0 Å². The number of benzene rings is 1. The van der Waals surface area contributed by atoms with Gasteiger partial charge in [0.1, 0.15) is 11.6 Å². The molecule has 4 heterocycles. The summed E-state index contributed by atoms with van der Waals surface area (Å²) in [6.07, 6.45) is 3.70. The van der Waals surface area contributed by atoms with Crippen molar-refractivity contribution in [3.05, 3.63) is 51.9 Å². The molecule has 162 valence electrons. The number of carbonyl (C=O) groups excluding carboxylic acids is 1. The fourth-order valence-corrected chi connectivity index (χ4v) is 6.41. The number of thioether (sulfide) groups is 2. The van der Waals surface area contributed by atoms with Crippen LogP contribution in [0.25, 0.3) is 11.3 Å². The topological polar surface area (TPSA) is 105 Å². The average molecular weight is 458 g/mol. The summed E-state index contributed by atoms with van der Waals surface area (Å²) < 4.78 is 7.15. The summed E-state index contributed by atoms with van der Waals surface area (Å²) >= 11 is 3.37. The Balaban J connectivity index is 1.59. The number of H-pyrrole nitrogens is 2. The Morgan fingerprint density at radius 1 is 1.16 bits per heavy atom. The molecule has 1 aromatic carbocycles. The molecule has 0 radical (unpaired) electrons. The van der Waals surface area contributed by atoms with Crippen LogP contribution in [-0.2, 0) is 4.79 Å². The molecule has 0 unspecified atom stereocenters. The number of fused-ring (bicyclic) bond motifs is 1. The zero-order chi connectivity index (χ0) is 21.4. The molecule has 0 saturated carbocycles. The van der Waals surface area contributed by atoms with E-state index in [2.05, 4.69) is 20.6 Å². The highest BCUT2D eigenvalue weighted by Crippen LogP contribution is 2.44. The molecule has 1 fully saturated rings. The monoisotopic (exact) mass is 457 g/mol. The predicted molar refractivity (Wildman–Crippen MR) is 124 cm³/mol. The Bertz CT molecular complexity index is 1140. The Morgan fingerprint density at radius 2 is 1.94 bits per heavy atom. The first-order chi connectivity index (χ1) is 15.2. The van der Waals surface area contributed by atoms with Crippen molar-refractivity contribution in [3.63, 3.8) is 0 Å². The number of carbonyl (C=O) groups is 1. The number of hydrogen-bond acceptors (Lipinski definition) is 6. The van der Waals surface area contributed by atoms with Gasteiger partial charge in [0.05, 0.1) is 41.6 Å². The van der Waals surface area contributed by atoms with Gasteiger partial charge >= 0.3 is 0 Å². The highest BCUT2D eigenvalue weighted by atomic mass is 32.2. The van der Waals surface area contributed by atoms with E-state index in [0.717, 1.165) is 46.9 Å². The van der Waals surface area contributed by atoms with E-state index in [1.807, 2.05) is 40.7 Å². The van der Waals surface area contributed by atoms with Gasteiger partial charge in [0.15, 0.2) is 0 Å². The molecule has 0 bridgehead atoms. The van der Waals surface area contributed by atoms with E-state index in [0.29, 0.717) is 11.4 Å². The van der Waals surface area contributed by atoms with E-state index in [-0.39, 0.29) is 28.5 Å². The van der Waals surface area contributed by atoms with Crippen LogP contribution in [0, 0.1) is 0 Å². The lowest BCUT2D eigenvalue weighted by Crippen LogP contribution is -2.22. The number of nitrogens with zero attached hydrogens (tertiary/aromatic N) is 2. The standard InChI is InChI=1S/C21H23N5O3S2/c1-29-14-4-2-12(3-5-14)18-15(10-22-24-18)19-17-20(23-16(27)11-31-19)26(25-21(17)28)13-6-8-30-9-7-13/h2-5,10,13,19H,6-9,11H2,1H3,(H,22,24)(H,23,27)(H,25,28)/t19-/m1/s1. The highest BCUT2D eigenvalue weighted by molar-refractivity contribution is 8.00. The summed E-state index contributed by atoms with van der Waals surface area (Å²) in [7, 11) is 1.63. The van der Waals surface area contributed by atoms with E-state index in [9.17, 15) is 9.59 Å². The molecule has 0 spiro atoms. The van der Waals surface area contributed by atoms with Gasteiger partial charge in [-0.1, -0.05) is 0 Å². The molecule has 1 atom stereocenters. The zero-order valence-corrected chi connectivity index (χ0v) is 18.6. The first-order valence-corrected chi connectivity index (χ1v) is 12.4. The number of nitrogens with one attached hydrogen (secondary N) is 3. The Hall–Kier alpha value is -2.59. The third-order valence-electron chi connectivity index (χ3n) is 5.75. The molecule has 1 saturated heterocycles. The summed E-state index contributed by atoms with van der Waals surface area (Å²) in [6, 6.07) is 7.88. The second-order valence-electron chi connectivity index (χ2n) is 7.58. The van der Waals surface area contributed by atoms with Crippen LogP contribution in [0.15, 0.2) is 35.3 Å². The lowest BCUT2D eigenvalue weighted by Gasteiger charge is -2.24. The second kappa shape index (κ2) is 8.51. The lowest BCUT2D eigenvalue weighted by molar-refractivity contribution is -0.113. The predicted octanol–water partition coefficient (Wildman–Crippen LogP) is 3.42. The van der Waals surface area contributed by atoms with Gasteiger partial charge in [0.25, 0.3) is 5.56 Å². The van der Waals surface area contributed by atoms with E-state index in [1.165, 1.54) is 11.8 Å². The minimum atomic E-state index is -0.312. The minimum Gasteiger partial charge on any atom is -0.497 e. The van der Waals surface area contributed by atoms with Gasteiger partial charge in [-0.15, -0.1) is 11.8 Å². The van der Waals surface area contributed by atoms with Crippen LogP contribution in [0.2, 0.25) is 0 Å². The van der Waals surface area contributed by atoms with Crippen molar-refractivity contribution in [2.24, 2.45) is 0 Å². The van der Waals surface area contributed by atoms with E-state index >= 15 is 0 Å². The van der Waals surface area contributed by atoms with Crippen molar-refractivity contribution in [1.29, 1.82) is 0 Å². The fraction of sp³-hybridized carbons (Fsp3) is 0.381. The molecule has 0 aliphatic carbocycles. The number of ether oxygens (including phenoxy) is 1. The fourth-order valence-electron chi connectivity index (χ4n) is 4.19. The van der Waals surface area contributed by atoms with Crippen LogP contribution in [0.3, 0.4) is 0 Å². The molecule has 1 amide bonds. The van der Waals surface area contributed by atoms with Crippen molar-refractivity contribution in [2.75, 3.05) is 29.7 Å². The summed E-state index contributed by atoms with van der Waals surface area (Å²) in [5.41, 5.74) is 3.09. The van der Waals surface area contributed by atoms with Crippen molar-refractivity contribution in [2.45, 2.75) is 24.1 Å². The number of methoxy groups -OCH3 is 1. The molecule has 10 heteroatoms. The SMILES string of the molecule is COc1ccc(-c2[nH]ncc2[C@H]2SCC(=O)Nc3c2c(=O)[nH]n3C2CCSCC2)cc1. The number of aromatic amines is 2. The van der Waals surface area contributed by atoms with Gasteiger partial charge in [0.2, 0.25) is 5.91 Å². The molecule has 5 rings (SSSR count). The number of amides is 1. The molecule has 3 N–H and O–H groups in total. The lowest BCUT2D eigenvalue weighted by atomic mass is 10.0. The first-order valence-electron chi connectivity index (χ1n) is 10.2. The van der Waals surface area contributed by atoms with Crippen molar-refractivity contribution in [3.8, 4) is 17.0 Å². The summed E-state index contributed by atoms with van der Waals surface area (Å²) in [5, 5.41) is 13.0. The third-order valence-corrected chi connectivity index (χ3v) is 8.05. The Morgan fingerprint density at radius 3 is 2.68 bits per heavy atom. The van der Waals surface area contributed by atoms with Gasteiger partial charge in [-0.25, -0.2) is 0 Å². The van der Waals surface area contributed by atoms with Crippen LogP contribution in [-0.4, -0.2) is 50.3 Å². The van der Waals surface area contributed by atoms with Gasteiger partial charge in [-0.2, -0.15) is 16.9 Å². The van der Waals surface area contributed by atoms with Crippen molar-refractivity contribution in [1.82, 2.24) is 20.0 Å². The summed E-state index contributed by atoms with van der Waals surface area (Å²) in [6.45, 7) is 0. The average Bonchev–Trinajstić information content (AvgIpc) is 3.36. The molecule has 3 aromatic rings. The quantitative estimate of drug-likeness (QED) is 0.555. The number of rotatable bonds is 4. The number of aromatic nitrogens is 4. The van der Waals surface area contributed by atoms with Crippen LogP contribution in [0.5, 0.6) is 5.75 Å². The van der Waals surface area contributed by atoms with E-state index in [4.69, 9.17) is 4.74 Å². The van der Waals surface area contributed by atoms with Gasteiger partial charge in [-0.3, -0.25) is 24.5 Å².